The van der Waals surface area contributed by atoms with E-state index in [0.717, 1.165) is 10.8 Å². The summed E-state index contributed by atoms with van der Waals surface area (Å²) in [7, 11) is 0. The first-order chi connectivity index (χ1) is 15.5. The molecule has 1 atom stereocenters. The van der Waals surface area contributed by atoms with E-state index < -0.39 is 22.8 Å². The van der Waals surface area contributed by atoms with Gasteiger partial charge < -0.3 is 4.74 Å². The van der Waals surface area contributed by atoms with Crippen LogP contribution in [0.25, 0.3) is 10.8 Å². The Morgan fingerprint density at radius 1 is 0.969 bits per heavy atom. The molecule has 0 bridgehead atoms. The number of non-ortho nitro benzene ring substituents is 1. The second-order valence-corrected chi connectivity index (χ2v) is 7.23. The summed E-state index contributed by atoms with van der Waals surface area (Å²) < 4.78 is 5.47. The molecule has 0 saturated heterocycles. The van der Waals surface area contributed by atoms with Crippen LogP contribution in [0.5, 0.6) is 5.75 Å². The van der Waals surface area contributed by atoms with Gasteiger partial charge in [-0.25, -0.2) is 4.79 Å². The number of carbonyl (C=O) groups excluding carboxylic acids is 2. The molecule has 5 rings (SSSR count). The summed E-state index contributed by atoms with van der Waals surface area (Å²) >= 11 is 0. The minimum Gasteiger partial charge on any atom is -0.419 e. The number of nitro groups is 1. The molecule has 0 aliphatic carbocycles. The van der Waals surface area contributed by atoms with Crippen LogP contribution in [-0.2, 0) is 9.59 Å². The molecule has 0 spiro atoms. The number of nitro benzene ring substituents is 1. The molecule has 8 nitrogen and oxygen atoms in total. The molecule has 0 fully saturated rings. The maximum Gasteiger partial charge on any atom is 0.402 e. The number of amides is 1. The van der Waals surface area contributed by atoms with Gasteiger partial charge >= 0.3 is 11.9 Å². The molecule has 1 unspecified atom stereocenters. The lowest BCUT2D eigenvalue weighted by Gasteiger charge is -2.30. The highest BCUT2D eigenvalue weighted by atomic mass is 16.6. The van der Waals surface area contributed by atoms with E-state index in [1.807, 2.05) is 24.3 Å². The Bertz CT molecular complexity index is 1390. The largest absolute Gasteiger partial charge is 0.419 e. The fraction of sp³-hybridized carbons (Fsp3) is 0.0417. The van der Waals surface area contributed by atoms with Crippen LogP contribution in [0, 0.1) is 10.1 Å². The fourth-order valence-corrected chi connectivity index (χ4v) is 4.02. The first-order valence-electron chi connectivity index (χ1n) is 9.76. The van der Waals surface area contributed by atoms with Crippen molar-refractivity contribution in [2.24, 2.45) is 0 Å². The van der Waals surface area contributed by atoms with E-state index in [0.29, 0.717) is 16.8 Å². The van der Waals surface area contributed by atoms with Crippen molar-refractivity contribution in [3.63, 3.8) is 0 Å². The van der Waals surface area contributed by atoms with Crippen LogP contribution >= 0.6 is 0 Å². The van der Waals surface area contributed by atoms with Crippen LogP contribution in [0.15, 0.2) is 85.2 Å². The molecule has 2 heterocycles. The van der Waals surface area contributed by atoms with E-state index in [4.69, 9.17) is 4.74 Å². The van der Waals surface area contributed by atoms with E-state index in [1.54, 1.807) is 42.6 Å². The van der Waals surface area contributed by atoms with E-state index in [-0.39, 0.29) is 11.4 Å². The average molecular weight is 425 g/mol. The molecule has 1 aliphatic rings. The standard InChI is InChI=1S/C24H15N3O5/c28-23-24(29)32-20-11-10-15-5-1-2-9-19(15)21(20)22(26(23)18-8-4-12-25-14-18)16-6-3-7-17(13-16)27(30)31/h1-14,22H. The predicted octanol–water partition coefficient (Wildman–Crippen LogP) is 4.18. The van der Waals surface area contributed by atoms with Gasteiger partial charge in [-0.1, -0.05) is 42.5 Å². The van der Waals surface area contributed by atoms with E-state index >= 15 is 0 Å². The Kier molecular flexibility index (Phi) is 4.59. The molecule has 0 radical (unpaired) electrons. The Hall–Kier alpha value is -4.59. The van der Waals surface area contributed by atoms with Crippen LogP contribution in [-0.4, -0.2) is 21.8 Å². The van der Waals surface area contributed by atoms with Crippen molar-refractivity contribution in [3.8, 4) is 5.75 Å². The van der Waals surface area contributed by atoms with Gasteiger partial charge in [-0.15, -0.1) is 0 Å². The van der Waals surface area contributed by atoms with Crippen molar-refractivity contribution in [2.45, 2.75) is 6.04 Å². The van der Waals surface area contributed by atoms with Crippen molar-refractivity contribution >= 4 is 34.0 Å². The van der Waals surface area contributed by atoms with Gasteiger partial charge in [0.1, 0.15) is 5.75 Å². The Balaban J connectivity index is 1.87. The lowest BCUT2D eigenvalue weighted by molar-refractivity contribution is -0.384. The fourth-order valence-electron chi connectivity index (χ4n) is 4.02. The Morgan fingerprint density at radius 2 is 1.81 bits per heavy atom. The first kappa shape index (κ1) is 19.4. The summed E-state index contributed by atoms with van der Waals surface area (Å²) in [6.45, 7) is 0. The number of hydrogen-bond donors (Lipinski definition) is 0. The summed E-state index contributed by atoms with van der Waals surface area (Å²) in [5, 5.41) is 13.1. The zero-order chi connectivity index (χ0) is 22.2. The smallest absolute Gasteiger partial charge is 0.402 e. The second-order valence-electron chi connectivity index (χ2n) is 7.23. The summed E-state index contributed by atoms with van der Waals surface area (Å²) in [4.78, 5) is 42.3. The first-order valence-corrected chi connectivity index (χ1v) is 9.76. The number of aromatic nitrogens is 1. The van der Waals surface area contributed by atoms with E-state index in [9.17, 15) is 19.7 Å². The van der Waals surface area contributed by atoms with Gasteiger partial charge in [-0.3, -0.25) is 24.8 Å². The topological polar surface area (TPSA) is 103 Å². The van der Waals surface area contributed by atoms with Crippen molar-refractivity contribution < 1.29 is 19.2 Å². The summed E-state index contributed by atoms with van der Waals surface area (Å²) in [6.07, 6.45) is 3.02. The number of fused-ring (bicyclic) bond motifs is 3. The second kappa shape index (κ2) is 7.59. The van der Waals surface area contributed by atoms with E-state index in [1.165, 1.54) is 23.2 Å². The molecule has 32 heavy (non-hydrogen) atoms. The summed E-state index contributed by atoms with van der Waals surface area (Å²) in [6, 6.07) is 19.4. The van der Waals surface area contributed by atoms with E-state index in [2.05, 4.69) is 4.98 Å². The van der Waals surface area contributed by atoms with Crippen LogP contribution < -0.4 is 9.64 Å². The minimum absolute atomic E-state index is 0.126. The maximum atomic E-state index is 13.2. The number of esters is 1. The number of pyridine rings is 1. The number of anilines is 1. The molecular formula is C24H15N3O5. The molecular weight excluding hydrogens is 410 g/mol. The highest BCUT2D eigenvalue weighted by Gasteiger charge is 2.40. The third-order valence-corrected chi connectivity index (χ3v) is 5.38. The number of benzene rings is 3. The van der Waals surface area contributed by atoms with Gasteiger partial charge in [-0.2, -0.15) is 0 Å². The number of carbonyl (C=O) groups is 2. The number of rotatable bonds is 3. The zero-order valence-electron chi connectivity index (χ0n) is 16.5. The SMILES string of the molecule is O=C1Oc2ccc3ccccc3c2C(c2cccc([N+](=O)[O-])c2)N(c2cccnc2)C1=O. The molecule has 1 amide bonds. The third kappa shape index (κ3) is 3.14. The van der Waals surface area contributed by atoms with Crippen LogP contribution in [0.4, 0.5) is 11.4 Å². The molecule has 8 heteroatoms. The van der Waals surface area contributed by atoms with Crippen molar-refractivity contribution in [1.29, 1.82) is 0 Å². The summed E-state index contributed by atoms with van der Waals surface area (Å²) in [5.41, 5.74) is 1.27. The third-order valence-electron chi connectivity index (χ3n) is 5.38. The van der Waals surface area contributed by atoms with Crippen LogP contribution in [0.3, 0.4) is 0 Å². The van der Waals surface area contributed by atoms with Crippen LogP contribution in [0.1, 0.15) is 17.2 Å². The molecule has 1 aromatic heterocycles. The highest BCUT2D eigenvalue weighted by Crippen LogP contribution is 2.44. The lowest BCUT2D eigenvalue weighted by atomic mass is 9.91. The normalized spacial score (nSPS) is 15.8. The molecule has 4 aromatic rings. The van der Waals surface area contributed by atoms with Crippen LogP contribution in [0.2, 0.25) is 0 Å². The molecule has 156 valence electrons. The van der Waals surface area contributed by atoms with Gasteiger partial charge in [0.25, 0.3) is 5.69 Å². The molecule has 1 aliphatic heterocycles. The predicted molar refractivity (Wildman–Crippen MR) is 116 cm³/mol. The molecule has 0 N–H and O–H groups in total. The quantitative estimate of drug-likeness (QED) is 0.160. The summed E-state index contributed by atoms with van der Waals surface area (Å²) in [5.74, 6) is -1.71. The maximum absolute atomic E-state index is 13.2. The monoisotopic (exact) mass is 425 g/mol. The van der Waals surface area contributed by atoms with Crippen molar-refractivity contribution in [3.05, 3.63) is 106 Å². The average Bonchev–Trinajstić information content (AvgIpc) is 2.94. The minimum atomic E-state index is -1.04. The number of ether oxygens (including phenoxy) is 1. The van der Waals surface area contributed by atoms with Crippen molar-refractivity contribution in [2.75, 3.05) is 4.90 Å². The van der Waals surface area contributed by atoms with Gasteiger partial charge in [0.05, 0.1) is 22.8 Å². The zero-order valence-corrected chi connectivity index (χ0v) is 16.5. The van der Waals surface area contributed by atoms with Gasteiger partial charge in [0.15, 0.2) is 0 Å². The van der Waals surface area contributed by atoms with Gasteiger partial charge in [-0.05, 0) is 34.5 Å². The highest BCUT2D eigenvalue weighted by molar-refractivity contribution is 6.39. The Labute approximate surface area is 181 Å². The van der Waals surface area contributed by atoms with Gasteiger partial charge in [0, 0.05) is 23.9 Å². The van der Waals surface area contributed by atoms with Gasteiger partial charge in [0.2, 0.25) is 0 Å². The lowest BCUT2D eigenvalue weighted by Crippen LogP contribution is -2.39. The number of hydrogen-bond acceptors (Lipinski definition) is 6. The van der Waals surface area contributed by atoms with Crippen molar-refractivity contribution in [1.82, 2.24) is 4.98 Å². The molecule has 0 saturated carbocycles. The number of nitrogens with zero attached hydrogens (tertiary/aromatic N) is 3. The molecule has 3 aromatic carbocycles. The Morgan fingerprint density at radius 3 is 2.59 bits per heavy atom.